The minimum Gasteiger partial charge on any atom is -0.394 e. The van der Waals surface area contributed by atoms with Crippen molar-refractivity contribution in [1.82, 2.24) is 0 Å². The third-order valence-corrected chi connectivity index (χ3v) is 16.1. The highest BCUT2D eigenvalue weighted by molar-refractivity contribution is 5.88. The van der Waals surface area contributed by atoms with E-state index in [-0.39, 0.29) is 46.1 Å². The van der Waals surface area contributed by atoms with Crippen LogP contribution in [0, 0.1) is 45.3 Å². The van der Waals surface area contributed by atoms with Crippen molar-refractivity contribution >= 4 is 11.6 Å². The third kappa shape index (κ3) is 6.92. The molecule has 0 aromatic carbocycles. The molecule has 0 aromatic rings. The van der Waals surface area contributed by atoms with Crippen molar-refractivity contribution in [3.05, 3.63) is 11.6 Å². The monoisotopic (exact) mass is 780 g/mol. The Bertz CT molecular complexity index is 1470. The Hall–Kier alpha value is -1.36. The summed E-state index contributed by atoms with van der Waals surface area (Å²) in [5.74, 6) is 0.748. The maximum atomic E-state index is 14.8. The van der Waals surface area contributed by atoms with E-state index in [4.69, 9.17) is 18.9 Å². The molecule has 18 atom stereocenters. The van der Waals surface area contributed by atoms with Crippen LogP contribution in [0.2, 0.25) is 0 Å². The maximum absolute atomic E-state index is 14.8. The van der Waals surface area contributed by atoms with Crippen LogP contribution in [0.5, 0.6) is 0 Å². The van der Waals surface area contributed by atoms with Gasteiger partial charge in [0.25, 0.3) is 0 Å². The quantitative estimate of drug-likeness (QED) is 0.159. The van der Waals surface area contributed by atoms with E-state index in [1.54, 1.807) is 0 Å². The van der Waals surface area contributed by atoms with E-state index >= 15 is 0 Å². The maximum Gasteiger partial charge on any atom is 0.187 e. The van der Waals surface area contributed by atoms with Crippen molar-refractivity contribution < 1.29 is 64.3 Å². The van der Waals surface area contributed by atoms with Gasteiger partial charge in [-0.3, -0.25) is 9.59 Å². The van der Waals surface area contributed by atoms with Crippen LogP contribution in [-0.4, -0.2) is 127 Å². The SMILES string of the molecule is C[C@H](CCC(=O)C(C)(C)O)[C@H]1CC[C@@]2(C)[C@@H]3CC=C4[C@@H](CCC(O[C@@H]5O[C@H](CO)[C@@H](O)[C@H](O)[C@H]5O[C@@H]5O[C@H](C)[C@H](O)[C@@H](O)[C@H]5O)C4(C)C)[C@]3(C)C(=O)C[C@]12C. The average Bonchev–Trinajstić information content (AvgIpc) is 3.38. The molecule has 2 aliphatic heterocycles. The second-order valence-electron chi connectivity index (χ2n) is 19.8. The van der Waals surface area contributed by atoms with Crippen LogP contribution in [0.1, 0.15) is 114 Å². The molecule has 0 spiro atoms. The number of carbonyl (C=O) groups excluding carboxylic acids is 2. The summed E-state index contributed by atoms with van der Waals surface area (Å²) in [7, 11) is 0. The predicted octanol–water partition coefficient (Wildman–Crippen LogP) is 2.56. The number of ether oxygens (including phenoxy) is 4. The number of carbonyl (C=O) groups is 2. The molecule has 2 heterocycles. The molecule has 314 valence electrons. The lowest BCUT2D eigenvalue weighted by Crippen LogP contribution is -2.65. The van der Waals surface area contributed by atoms with Crippen LogP contribution in [0.4, 0.5) is 0 Å². The second kappa shape index (κ2) is 15.0. The Morgan fingerprint density at radius 1 is 0.909 bits per heavy atom. The normalized spacial score (nSPS) is 49.0. The standard InChI is InChI=1S/C42H68O13/c1-20(10-14-27(44)39(5,6)51)22-16-17-40(7)26-13-11-23-24(42(26,9)28(45)18-41(22,40)8)12-15-29(38(23,3)4)54-37-35(33(49)31(47)25(19-43)53-37)55-36-34(50)32(48)30(46)21(2)52-36/h11,20-22,24-26,29-37,43,46-51H,10,12-19H2,1-9H3/t20-,21-,22-,24-,25-,26+,29?,30+,31-,32-,33+,34-,35-,36+,37+,40+,41-,42+/m1/s1. The molecule has 6 rings (SSSR count). The molecule has 0 radical (unpaired) electrons. The molecule has 55 heavy (non-hydrogen) atoms. The summed E-state index contributed by atoms with van der Waals surface area (Å²) in [6.07, 6.45) is -6.82. The van der Waals surface area contributed by atoms with Gasteiger partial charge in [0, 0.05) is 23.7 Å². The molecule has 6 aliphatic rings. The van der Waals surface area contributed by atoms with Gasteiger partial charge < -0.3 is 54.7 Å². The van der Waals surface area contributed by atoms with Gasteiger partial charge >= 0.3 is 0 Å². The minimum absolute atomic E-state index is 0.0204. The van der Waals surface area contributed by atoms with E-state index in [2.05, 4.69) is 47.6 Å². The zero-order chi connectivity index (χ0) is 40.8. The number of aliphatic hydroxyl groups is 7. The van der Waals surface area contributed by atoms with Gasteiger partial charge in [0.05, 0.1) is 18.8 Å². The van der Waals surface area contributed by atoms with E-state index in [1.165, 1.54) is 20.8 Å². The van der Waals surface area contributed by atoms with Crippen molar-refractivity contribution in [2.45, 2.75) is 187 Å². The number of rotatable bonds is 10. The van der Waals surface area contributed by atoms with Gasteiger partial charge in [-0.15, -0.1) is 0 Å². The molecule has 4 aliphatic carbocycles. The fraction of sp³-hybridized carbons (Fsp3) is 0.905. The lowest BCUT2D eigenvalue weighted by Gasteiger charge is -2.65. The Labute approximate surface area is 325 Å². The number of fused-ring (bicyclic) bond motifs is 5. The molecule has 0 aromatic heterocycles. The Morgan fingerprint density at radius 2 is 1.58 bits per heavy atom. The first kappa shape index (κ1) is 43.2. The fourth-order valence-corrected chi connectivity index (χ4v) is 12.2. The van der Waals surface area contributed by atoms with Gasteiger partial charge in [0.1, 0.15) is 54.1 Å². The third-order valence-electron chi connectivity index (χ3n) is 16.1. The first-order valence-electron chi connectivity index (χ1n) is 20.6. The fourth-order valence-electron chi connectivity index (χ4n) is 12.2. The van der Waals surface area contributed by atoms with Crippen LogP contribution in [0.15, 0.2) is 11.6 Å². The molecule has 1 unspecified atom stereocenters. The Morgan fingerprint density at radius 3 is 2.22 bits per heavy atom. The van der Waals surface area contributed by atoms with E-state index in [0.717, 1.165) is 24.8 Å². The summed E-state index contributed by atoms with van der Waals surface area (Å²) in [6, 6.07) is 0. The van der Waals surface area contributed by atoms with E-state index < -0.39 is 90.6 Å². The highest BCUT2D eigenvalue weighted by Crippen LogP contribution is 2.74. The summed E-state index contributed by atoms with van der Waals surface area (Å²) in [6.45, 7) is 17.2. The van der Waals surface area contributed by atoms with Crippen LogP contribution >= 0.6 is 0 Å². The highest BCUT2D eigenvalue weighted by atomic mass is 16.8. The largest absolute Gasteiger partial charge is 0.394 e. The molecular formula is C42H68O13. The summed E-state index contributed by atoms with van der Waals surface area (Å²) in [5.41, 5.74) is -1.74. The van der Waals surface area contributed by atoms with Crippen LogP contribution in [0.25, 0.3) is 0 Å². The van der Waals surface area contributed by atoms with E-state index in [0.29, 0.717) is 32.1 Å². The number of Topliss-reactive ketones (excluding diaryl/α,β-unsaturated/α-hetero) is 2. The summed E-state index contributed by atoms with van der Waals surface area (Å²) >= 11 is 0. The topological polar surface area (TPSA) is 213 Å². The van der Waals surface area contributed by atoms with Crippen LogP contribution in [-0.2, 0) is 28.5 Å². The highest BCUT2D eigenvalue weighted by Gasteiger charge is 2.70. The Kier molecular flexibility index (Phi) is 11.8. The molecule has 13 heteroatoms. The van der Waals surface area contributed by atoms with Gasteiger partial charge in [0.15, 0.2) is 18.4 Å². The van der Waals surface area contributed by atoms with Crippen molar-refractivity contribution in [1.29, 1.82) is 0 Å². The summed E-state index contributed by atoms with van der Waals surface area (Å²) < 4.78 is 24.3. The number of ketones is 2. The number of allylic oxidation sites excluding steroid dienone is 1. The van der Waals surface area contributed by atoms with Crippen molar-refractivity contribution in [2.75, 3.05) is 6.61 Å². The van der Waals surface area contributed by atoms with Crippen LogP contribution < -0.4 is 0 Å². The predicted molar refractivity (Wildman–Crippen MR) is 199 cm³/mol. The second-order valence-corrected chi connectivity index (χ2v) is 19.8. The number of hydrogen-bond acceptors (Lipinski definition) is 13. The smallest absolute Gasteiger partial charge is 0.187 e. The molecule has 13 nitrogen and oxygen atoms in total. The number of aliphatic hydroxyl groups excluding tert-OH is 6. The summed E-state index contributed by atoms with van der Waals surface area (Å²) in [5, 5.41) is 73.6. The number of hydrogen-bond donors (Lipinski definition) is 7. The molecule has 2 saturated heterocycles. The van der Waals surface area contributed by atoms with Crippen molar-refractivity contribution in [2.24, 2.45) is 45.3 Å². The minimum atomic E-state index is -1.67. The van der Waals surface area contributed by atoms with Gasteiger partial charge in [-0.2, -0.15) is 0 Å². The Balaban J connectivity index is 1.23. The summed E-state index contributed by atoms with van der Waals surface area (Å²) in [4.78, 5) is 27.4. The lowest BCUT2D eigenvalue weighted by atomic mass is 9.38. The van der Waals surface area contributed by atoms with Gasteiger partial charge in [-0.25, -0.2) is 0 Å². The molecule has 7 N–H and O–H groups in total. The lowest BCUT2D eigenvalue weighted by molar-refractivity contribution is -0.372. The molecule has 3 saturated carbocycles. The van der Waals surface area contributed by atoms with E-state index in [9.17, 15) is 45.3 Å². The molecular weight excluding hydrogens is 712 g/mol. The zero-order valence-corrected chi connectivity index (χ0v) is 34.2. The van der Waals surface area contributed by atoms with Crippen molar-refractivity contribution in [3.63, 3.8) is 0 Å². The first-order chi connectivity index (χ1) is 25.4. The van der Waals surface area contributed by atoms with Gasteiger partial charge in [0.2, 0.25) is 0 Å². The van der Waals surface area contributed by atoms with Crippen molar-refractivity contribution in [3.8, 4) is 0 Å². The molecule has 0 bridgehead atoms. The molecule has 0 amide bonds. The van der Waals surface area contributed by atoms with Gasteiger partial charge in [-0.05, 0) is 93.8 Å². The average molecular weight is 781 g/mol. The van der Waals surface area contributed by atoms with Gasteiger partial charge in [-0.1, -0.05) is 53.2 Å². The van der Waals surface area contributed by atoms with E-state index in [1.807, 2.05) is 0 Å². The zero-order valence-electron chi connectivity index (χ0n) is 34.2. The van der Waals surface area contributed by atoms with Crippen LogP contribution in [0.3, 0.4) is 0 Å². The molecule has 5 fully saturated rings. The first-order valence-corrected chi connectivity index (χ1v) is 20.6.